The van der Waals surface area contributed by atoms with E-state index in [-0.39, 0.29) is 0 Å². The molecule has 70 valence electrons. The van der Waals surface area contributed by atoms with Crippen LogP contribution in [-0.2, 0) is 0 Å². The van der Waals surface area contributed by atoms with E-state index < -0.39 is 0 Å². The largest absolute Gasteiger partial charge is 0.493 e. The molecule has 1 aromatic heterocycles. The second-order valence-corrected chi connectivity index (χ2v) is 4.34. The van der Waals surface area contributed by atoms with E-state index in [2.05, 4.69) is 20.9 Å². The van der Waals surface area contributed by atoms with E-state index in [4.69, 9.17) is 4.74 Å². The normalized spacial score (nSPS) is 15.8. The molecule has 0 radical (unpaired) electrons. The Morgan fingerprint density at radius 1 is 1.62 bits per heavy atom. The van der Waals surface area contributed by atoms with Gasteiger partial charge in [0.1, 0.15) is 10.4 Å². The molecule has 3 heteroatoms. The smallest absolute Gasteiger partial charge is 0.126 e. The molecule has 0 saturated heterocycles. The molecule has 0 aliphatic heterocycles. The Morgan fingerprint density at radius 2 is 2.38 bits per heavy atom. The van der Waals surface area contributed by atoms with Crippen molar-refractivity contribution in [3.63, 3.8) is 0 Å². The van der Waals surface area contributed by atoms with Crippen molar-refractivity contribution in [1.29, 1.82) is 0 Å². The van der Waals surface area contributed by atoms with E-state index in [1.54, 1.807) is 0 Å². The average Bonchev–Trinajstić information content (AvgIpc) is 2.90. The van der Waals surface area contributed by atoms with Gasteiger partial charge in [0.05, 0.1) is 6.61 Å². The number of nitrogens with zero attached hydrogens (tertiary/aromatic N) is 1. The van der Waals surface area contributed by atoms with Crippen molar-refractivity contribution >= 4 is 15.9 Å². The molecule has 0 bridgehead atoms. The van der Waals surface area contributed by atoms with Crippen molar-refractivity contribution in [2.45, 2.75) is 19.8 Å². The van der Waals surface area contributed by atoms with Gasteiger partial charge in [-0.1, -0.05) is 0 Å². The van der Waals surface area contributed by atoms with Gasteiger partial charge in [0.2, 0.25) is 0 Å². The SMILES string of the molecule is Cc1cnc(Br)cc1OCC1CC1. The summed E-state index contributed by atoms with van der Waals surface area (Å²) < 4.78 is 6.51. The number of rotatable bonds is 3. The lowest BCUT2D eigenvalue weighted by Crippen LogP contribution is -2.00. The summed E-state index contributed by atoms with van der Waals surface area (Å²) in [6, 6.07) is 1.93. The lowest BCUT2D eigenvalue weighted by atomic mass is 10.3. The van der Waals surface area contributed by atoms with E-state index >= 15 is 0 Å². The zero-order valence-corrected chi connectivity index (χ0v) is 9.17. The fourth-order valence-electron chi connectivity index (χ4n) is 1.13. The van der Waals surface area contributed by atoms with Crippen LogP contribution in [0.2, 0.25) is 0 Å². The average molecular weight is 242 g/mol. The number of pyridine rings is 1. The summed E-state index contributed by atoms with van der Waals surface area (Å²) in [6.45, 7) is 2.87. The maximum absolute atomic E-state index is 5.67. The highest BCUT2D eigenvalue weighted by Gasteiger charge is 2.22. The van der Waals surface area contributed by atoms with Gasteiger partial charge >= 0.3 is 0 Å². The fourth-order valence-corrected chi connectivity index (χ4v) is 1.44. The Hall–Kier alpha value is -0.570. The van der Waals surface area contributed by atoms with Gasteiger partial charge in [-0.2, -0.15) is 0 Å². The topological polar surface area (TPSA) is 22.1 Å². The Kier molecular flexibility index (Phi) is 2.54. The predicted molar refractivity (Wildman–Crippen MR) is 54.9 cm³/mol. The third-order valence-electron chi connectivity index (χ3n) is 2.19. The standard InChI is InChI=1S/C10H12BrNO/c1-7-5-12-10(11)4-9(7)13-6-8-2-3-8/h4-5,8H,2-3,6H2,1H3. The molecule has 0 aromatic carbocycles. The van der Waals surface area contributed by atoms with Gasteiger partial charge in [0.25, 0.3) is 0 Å². The molecule has 1 saturated carbocycles. The molecule has 0 atom stereocenters. The molecule has 0 spiro atoms. The third kappa shape index (κ3) is 2.44. The molecule has 0 amide bonds. The van der Waals surface area contributed by atoms with Crippen molar-refractivity contribution in [3.8, 4) is 5.75 Å². The van der Waals surface area contributed by atoms with Crippen molar-refractivity contribution in [2.75, 3.05) is 6.61 Å². The predicted octanol–water partition coefficient (Wildman–Crippen LogP) is 2.94. The van der Waals surface area contributed by atoms with Gasteiger partial charge in [0, 0.05) is 17.8 Å². The van der Waals surface area contributed by atoms with E-state index in [9.17, 15) is 0 Å². The highest BCUT2D eigenvalue weighted by Crippen LogP contribution is 2.30. The summed E-state index contributed by atoms with van der Waals surface area (Å²) in [5, 5.41) is 0. The minimum absolute atomic E-state index is 0.798. The Bertz CT molecular complexity index is 310. The maximum atomic E-state index is 5.67. The molecule has 13 heavy (non-hydrogen) atoms. The Labute approximate surface area is 86.5 Å². The number of aryl methyl sites for hydroxylation is 1. The quantitative estimate of drug-likeness (QED) is 0.760. The number of ether oxygens (including phenoxy) is 1. The summed E-state index contributed by atoms with van der Waals surface area (Å²) in [5.74, 6) is 1.75. The van der Waals surface area contributed by atoms with Gasteiger partial charge in [0.15, 0.2) is 0 Å². The molecule has 1 aromatic rings. The Morgan fingerprint density at radius 3 is 3.08 bits per heavy atom. The van der Waals surface area contributed by atoms with Crippen LogP contribution in [0.15, 0.2) is 16.9 Å². The third-order valence-corrected chi connectivity index (χ3v) is 2.63. The molecule has 2 rings (SSSR count). The molecule has 1 fully saturated rings. The first kappa shape index (κ1) is 9.00. The second kappa shape index (κ2) is 3.66. The summed E-state index contributed by atoms with van der Waals surface area (Å²) in [4.78, 5) is 4.12. The van der Waals surface area contributed by atoms with Crippen LogP contribution < -0.4 is 4.74 Å². The minimum Gasteiger partial charge on any atom is -0.493 e. The lowest BCUT2D eigenvalue weighted by molar-refractivity contribution is 0.297. The Balaban J connectivity index is 2.03. The molecular weight excluding hydrogens is 230 g/mol. The van der Waals surface area contributed by atoms with Crippen LogP contribution in [0.4, 0.5) is 0 Å². The molecule has 1 aliphatic carbocycles. The molecule has 0 unspecified atom stereocenters. The van der Waals surface area contributed by atoms with E-state index in [0.717, 1.165) is 28.4 Å². The highest BCUT2D eigenvalue weighted by atomic mass is 79.9. The van der Waals surface area contributed by atoms with Crippen molar-refractivity contribution in [3.05, 3.63) is 22.4 Å². The first-order chi connectivity index (χ1) is 6.25. The van der Waals surface area contributed by atoms with Crippen LogP contribution in [0.25, 0.3) is 0 Å². The van der Waals surface area contributed by atoms with Gasteiger partial charge in [-0.25, -0.2) is 4.98 Å². The summed E-state index contributed by atoms with van der Waals surface area (Å²) >= 11 is 3.33. The number of hydrogen-bond acceptors (Lipinski definition) is 2. The van der Waals surface area contributed by atoms with E-state index in [1.165, 1.54) is 12.8 Å². The molecule has 1 heterocycles. The van der Waals surface area contributed by atoms with Crippen LogP contribution in [-0.4, -0.2) is 11.6 Å². The first-order valence-electron chi connectivity index (χ1n) is 4.50. The number of hydrogen-bond donors (Lipinski definition) is 0. The zero-order chi connectivity index (χ0) is 9.26. The first-order valence-corrected chi connectivity index (χ1v) is 5.30. The number of aromatic nitrogens is 1. The monoisotopic (exact) mass is 241 g/mol. The van der Waals surface area contributed by atoms with Crippen molar-refractivity contribution < 1.29 is 4.74 Å². The highest BCUT2D eigenvalue weighted by molar-refractivity contribution is 9.10. The molecular formula is C10H12BrNO. The van der Waals surface area contributed by atoms with Gasteiger partial charge in [-0.05, 0) is 41.6 Å². The zero-order valence-electron chi connectivity index (χ0n) is 7.59. The minimum atomic E-state index is 0.798. The fraction of sp³-hybridized carbons (Fsp3) is 0.500. The summed E-state index contributed by atoms with van der Waals surface area (Å²) in [5.41, 5.74) is 1.10. The lowest BCUT2D eigenvalue weighted by Gasteiger charge is -2.07. The molecule has 0 N–H and O–H groups in total. The van der Waals surface area contributed by atoms with Crippen molar-refractivity contribution in [1.82, 2.24) is 4.98 Å². The van der Waals surface area contributed by atoms with Gasteiger partial charge in [-0.15, -0.1) is 0 Å². The van der Waals surface area contributed by atoms with Crippen LogP contribution >= 0.6 is 15.9 Å². The van der Waals surface area contributed by atoms with E-state index in [1.807, 2.05) is 19.2 Å². The maximum Gasteiger partial charge on any atom is 0.126 e. The summed E-state index contributed by atoms with van der Waals surface area (Å²) in [6.07, 6.45) is 4.48. The van der Waals surface area contributed by atoms with Gasteiger partial charge in [-0.3, -0.25) is 0 Å². The van der Waals surface area contributed by atoms with Crippen LogP contribution in [0.3, 0.4) is 0 Å². The second-order valence-electron chi connectivity index (χ2n) is 3.53. The molecule has 1 aliphatic rings. The van der Waals surface area contributed by atoms with Crippen molar-refractivity contribution in [2.24, 2.45) is 5.92 Å². The summed E-state index contributed by atoms with van der Waals surface area (Å²) in [7, 11) is 0. The van der Waals surface area contributed by atoms with Crippen LogP contribution in [0, 0.1) is 12.8 Å². The van der Waals surface area contributed by atoms with E-state index in [0.29, 0.717) is 0 Å². The van der Waals surface area contributed by atoms with Crippen LogP contribution in [0.5, 0.6) is 5.75 Å². The van der Waals surface area contributed by atoms with Crippen LogP contribution in [0.1, 0.15) is 18.4 Å². The number of halogens is 1. The van der Waals surface area contributed by atoms with Gasteiger partial charge < -0.3 is 4.74 Å². The molecule has 2 nitrogen and oxygen atoms in total.